The highest BCUT2D eigenvalue weighted by Crippen LogP contribution is 2.31. The third kappa shape index (κ3) is 2.90. The van der Waals surface area contributed by atoms with Crippen molar-refractivity contribution in [2.75, 3.05) is 0 Å². The lowest BCUT2D eigenvalue weighted by atomic mass is 9.91. The second-order valence-corrected chi connectivity index (χ2v) is 5.83. The van der Waals surface area contributed by atoms with Crippen molar-refractivity contribution in [3.63, 3.8) is 0 Å². The minimum absolute atomic E-state index is 0.141. The lowest BCUT2D eigenvalue weighted by molar-refractivity contribution is 0.0687. The van der Waals surface area contributed by atoms with Crippen molar-refractivity contribution in [1.29, 1.82) is 0 Å². The molecule has 0 fully saturated rings. The topological polar surface area (TPSA) is 81.1 Å². The first-order valence-corrected chi connectivity index (χ1v) is 7.79. The molecule has 116 valence electrons. The molecule has 1 heterocycles. The number of fused-ring (bicyclic) bond motifs is 1. The molecular weight excluding hydrogens is 278 g/mol. The molecule has 1 unspecified atom stereocenters. The van der Waals surface area contributed by atoms with E-state index in [9.17, 15) is 9.90 Å². The quantitative estimate of drug-likeness (QED) is 0.889. The smallest absolute Gasteiger partial charge is 0.356 e. The van der Waals surface area contributed by atoms with Gasteiger partial charge in [0.1, 0.15) is 0 Å². The maximum atomic E-state index is 11.4. The molecule has 1 aliphatic carbocycles. The standard InChI is InChI=1S/C17H21N3O2/c18-13-9-4-10-14-15(13)16(17(21)22)19-20(14)11-5-8-12-6-2-1-3-7-12/h1-3,6-7,13H,4-5,8-11,18H2,(H,21,22). The van der Waals surface area contributed by atoms with Gasteiger partial charge in [0.05, 0.1) is 0 Å². The number of carboxylic acid groups (broad SMARTS) is 1. The van der Waals surface area contributed by atoms with Gasteiger partial charge < -0.3 is 10.8 Å². The molecule has 0 radical (unpaired) electrons. The molecule has 0 saturated heterocycles. The predicted molar refractivity (Wildman–Crippen MR) is 83.8 cm³/mol. The fraction of sp³-hybridized carbons (Fsp3) is 0.412. The lowest BCUT2D eigenvalue weighted by Crippen LogP contribution is -2.20. The number of aromatic nitrogens is 2. The molecule has 22 heavy (non-hydrogen) atoms. The third-order valence-electron chi connectivity index (χ3n) is 4.28. The van der Waals surface area contributed by atoms with E-state index < -0.39 is 5.97 Å². The monoisotopic (exact) mass is 299 g/mol. The van der Waals surface area contributed by atoms with Crippen LogP contribution in [-0.2, 0) is 19.4 Å². The van der Waals surface area contributed by atoms with Crippen molar-refractivity contribution in [1.82, 2.24) is 9.78 Å². The van der Waals surface area contributed by atoms with Crippen LogP contribution in [0.3, 0.4) is 0 Å². The predicted octanol–water partition coefficient (Wildman–Crippen LogP) is 2.55. The summed E-state index contributed by atoms with van der Waals surface area (Å²) in [5.74, 6) is -0.976. The molecule has 0 amide bonds. The number of nitrogens with zero attached hydrogens (tertiary/aromatic N) is 2. The number of rotatable bonds is 5. The Hall–Kier alpha value is -2.14. The molecule has 1 aromatic carbocycles. The van der Waals surface area contributed by atoms with Crippen LogP contribution in [0, 0.1) is 0 Å². The average Bonchev–Trinajstić information content (AvgIpc) is 2.89. The van der Waals surface area contributed by atoms with E-state index in [2.05, 4.69) is 17.2 Å². The summed E-state index contributed by atoms with van der Waals surface area (Å²) in [6, 6.07) is 10.1. The molecule has 0 bridgehead atoms. The van der Waals surface area contributed by atoms with E-state index in [1.54, 1.807) is 0 Å². The highest BCUT2D eigenvalue weighted by atomic mass is 16.4. The largest absolute Gasteiger partial charge is 0.476 e. The Kier molecular flexibility index (Phi) is 4.24. The van der Waals surface area contributed by atoms with Crippen molar-refractivity contribution >= 4 is 5.97 Å². The van der Waals surface area contributed by atoms with Gasteiger partial charge in [-0.2, -0.15) is 5.10 Å². The highest BCUT2D eigenvalue weighted by Gasteiger charge is 2.29. The second-order valence-electron chi connectivity index (χ2n) is 5.83. The number of benzene rings is 1. The van der Waals surface area contributed by atoms with Crippen LogP contribution in [0.4, 0.5) is 0 Å². The summed E-state index contributed by atoms with van der Waals surface area (Å²) in [7, 11) is 0. The van der Waals surface area contributed by atoms with E-state index in [0.717, 1.165) is 49.9 Å². The molecule has 3 N–H and O–H groups in total. The Morgan fingerprint density at radius 3 is 2.86 bits per heavy atom. The Labute approximate surface area is 129 Å². The lowest BCUT2D eigenvalue weighted by Gasteiger charge is -2.20. The molecule has 1 aromatic heterocycles. The van der Waals surface area contributed by atoms with Gasteiger partial charge in [-0.25, -0.2) is 4.79 Å². The van der Waals surface area contributed by atoms with Gasteiger partial charge in [0, 0.05) is 23.8 Å². The van der Waals surface area contributed by atoms with Gasteiger partial charge in [0.25, 0.3) is 0 Å². The van der Waals surface area contributed by atoms with Gasteiger partial charge in [0.2, 0.25) is 0 Å². The van der Waals surface area contributed by atoms with Gasteiger partial charge in [-0.3, -0.25) is 4.68 Å². The first-order valence-electron chi connectivity index (χ1n) is 7.79. The van der Waals surface area contributed by atoms with Crippen molar-refractivity contribution in [3.05, 3.63) is 52.8 Å². The molecule has 2 aromatic rings. The van der Waals surface area contributed by atoms with Crippen LogP contribution >= 0.6 is 0 Å². The number of hydrogen-bond donors (Lipinski definition) is 2. The molecule has 0 saturated carbocycles. The van der Waals surface area contributed by atoms with Gasteiger partial charge in [-0.15, -0.1) is 0 Å². The molecule has 3 rings (SSSR count). The van der Waals surface area contributed by atoms with Crippen LogP contribution in [0.2, 0.25) is 0 Å². The number of carboxylic acids is 1. The van der Waals surface area contributed by atoms with Crippen LogP contribution < -0.4 is 5.73 Å². The van der Waals surface area contributed by atoms with E-state index >= 15 is 0 Å². The summed E-state index contributed by atoms with van der Waals surface area (Å²) < 4.78 is 1.86. The second kappa shape index (κ2) is 6.32. The Bertz CT molecular complexity index is 664. The normalized spacial score (nSPS) is 17.2. The summed E-state index contributed by atoms with van der Waals surface area (Å²) in [5, 5.41) is 13.7. The number of aryl methyl sites for hydroxylation is 2. The molecule has 1 aliphatic rings. The molecule has 5 heteroatoms. The zero-order valence-electron chi connectivity index (χ0n) is 12.5. The van der Waals surface area contributed by atoms with Crippen molar-refractivity contribution < 1.29 is 9.90 Å². The fourth-order valence-corrected chi connectivity index (χ4v) is 3.22. The summed E-state index contributed by atoms with van der Waals surface area (Å²) in [6.07, 6.45) is 4.60. The molecule has 0 aliphatic heterocycles. The number of nitrogens with two attached hydrogens (primary N) is 1. The molecule has 0 spiro atoms. The minimum Gasteiger partial charge on any atom is -0.476 e. The Morgan fingerprint density at radius 1 is 1.36 bits per heavy atom. The zero-order valence-corrected chi connectivity index (χ0v) is 12.5. The van der Waals surface area contributed by atoms with Gasteiger partial charge >= 0.3 is 5.97 Å². The van der Waals surface area contributed by atoms with Crippen LogP contribution in [0.1, 0.15) is 52.6 Å². The van der Waals surface area contributed by atoms with Gasteiger partial charge in [0.15, 0.2) is 5.69 Å². The maximum Gasteiger partial charge on any atom is 0.356 e. The van der Waals surface area contributed by atoms with E-state index in [4.69, 9.17) is 5.73 Å². The third-order valence-corrected chi connectivity index (χ3v) is 4.28. The van der Waals surface area contributed by atoms with Crippen LogP contribution in [0.25, 0.3) is 0 Å². The first-order chi connectivity index (χ1) is 10.7. The van der Waals surface area contributed by atoms with Gasteiger partial charge in [-0.05, 0) is 37.7 Å². The van der Waals surface area contributed by atoms with Crippen LogP contribution in [0.5, 0.6) is 0 Å². The van der Waals surface area contributed by atoms with E-state index in [1.165, 1.54) is 5.56 Å². The summed E-state index contributed by atoms with van der Waals surface area (Å²) >= 11 is 0. The molecule has 1 atom stereocenters. The van der Waals surface area contributed by atoms with Crippen LogP contribution in [0.15, 0.2) is 30.3 Å². The average molecular weight is 299 g/mol. The van der Waals surface area contributed by atoms with Crippen LogP contribution in [-0.4, -0.2) is 20.9 Å². The summed E-state index contributed by atoms with van der Waals surface area (Å²) in [4.78, 5) is 11.4. The van der Waals surface area contributed by atoms with E-state index in [-0.39, 0.29) is 11.7 Å². The summed E-state index contributed by atoms with van der Waals surface area (Å²) in [5.41, 5.74) is 9.30. The zero-order chi connectivity index (χ0) is 15.5. The Morgan fingerprint density at radius 2 is 2.14 bits per heavy atom. The molecular formula is C17H21N3O2. The van der Waals surface area contributed by atoms with Crippen molar-refractivity contribution in [2.45, 2.75) is 44.7 Å². The molecule has 5 nitrogen and oxygen atoms in total. The first kappa shape index (κ1) is 14.8. The SMILES string of the molecule is NC1CCCc2c1c(C(=O)O)nn2CCCc1ccccc1. The number of carbonyl (C=O) groups is 1. The van der Waals surface area contributed by atoms with E-state index in [1.807, 2.05) is 22.9 Å². The fourth-order valence-electron chi connectivity index (χ4n) is 3.22. The number of hydrogen-bond acceptors (Lipinski definition) is 3. The van der Waals surface area contributed by atoms with E-state index in [0.29, 0.717) is 0 Å². The Balaban J connectivity index is 1.76. The maximum absolute atomic E-state index is 11.4. The minimum atomic E-state index is -0.976. The van der Waals surface area contributed by atoms with Crippen molar-refractivity contribution in [2.24, 2.45) is 5.73 Å². The summed E-state index contributed by atoms with van der Waals surface area (Å²) in [6.45, 7) is 0.733. The van der Waals surface area contributed by atoms with Crippen molar-refractivity contribution in [3.8, 4) is 0 Å². The van der Waals surface area contributed by atoms with Gasteiger partial charge in [-0.1, -0.05) is 30.3 Å². The highest BCUT2D eigenvalue weighted by molar-refractivity contribution is 5.87. The number of aromatic carboxylic acids is 1.